The minimum atomic E-state index is -2.44. The molecular weight excluding hydrogens is 885 g/mol. The Hall–Kier alpha value is -2.62. The molecule has 8 aromatic rings. The Balaban J connectivity index is 0.00000187. The number of fused-ring (bicyclic) bond motifs is 2. The van der Waals surface area contributed by atoms with E-state index in [1.807, 2.05) is 36.4 Å². The minimum absolute atomic E-state index is 0. The molecule has 8 heteroatoms. The van der Waals surface area contributed by atoms with E-state index in [-0.39, 0.29) is 51.0 Å². The number of aryl methyl sites for hydroxylation is 2. The number of hydrogen-bond donors (Lipinski definition) is 0. The molecule has 0 aliphatic heterocycles. The molecule has 8 aromatic carbocycles. The molecule has 0 nitrogen and oxygen atoms in total. The third-order valence-corrected chi connectivity index (χ3v) is 15.0. The summed E-state index contributed by atoms with van der Waals surface area (Å²) in [6.07, 6.45) is 0. The minimum Gasteiger partial charge on any atom is -1.00 e. The van der Waals surface area contributed by atoms with Crippen LogP contribution in [-0.2, 0) is 26.2 Å². The summed E-state index contributed by atoms with van der Waals surface area (Å²) in [5.41, 5.74) is 11.6. The van der Waals surface area contributed by atoms with Crippen LogP contribution in [-0.4, -0.2) is 8.07 Å². The monoisotopic (exact) mass is 914 g/mol. The van der Waals surface area contributed by atoms with Crippen molar-refractivity contribution in [3.8, 4) is 44.5 Å². The fourth-order valence-corrected chi connectivity index (χ4v) is 12.9. The van der Waals surface area contributed by atoms with Gasteiger partial charge < -0.3 is 24.8 Å². The van der Waals surface area contributed by atoms with Crippen LogP contribution >= 0.6 is 46.4 Å². The number of rotatable bonds is 6. The van der Waals surface area contributed by atoms with Gasteiger partial charge in [0, 0.05) is 39.3 Å². The van der Waals surface area contributed by atoms with Gasteiger partial charge in [-0.3, -0.25) is 0 Å². The summed E-state index contributed by atoms with van der Waals surface area (Å²) in [7, 11) is -2.44. The summed E-state index contributed by atoms with van der Waals surface area (Å²) in [6.45, 7) is 9.47. The molecule has 0 bridgehead atoms. The van der Waals surface area contributed by atoms with Gasteiger partial charge in [0.25, 0.3) is 0 Å². The first kappa shape index (κ1) is 42.5. The smallest absolute Gasteiger partial charge is 1.00 e. The molecule has 0 unspecified atom stereocenters. The second-order valence-electron chi connectivity index (χ2n) is 14.0. The fourth-order valence-electron chi connectivity index (χ4n) is 8.06. The summed E-state index contributed by atoms with van der Waals surface area (Å²) >= 11 is 25.8. The molecule has 8 rings (SSSR count). The summed E-state index contributed by atoms with van der Waals surface area (Å²) in [4.78, 5) is 0. The Morgan fingerprint density at radius 2 is 0.833 bits per heavy atom. The maximum Gasteiger partial charge on any atom is 4.00 e. The summed E-state index contributed by atoms with van der Waals surface area (Å²) in [6, 6.07) is 47.4. The summed E-state index contributed by atoms with van der Waals surface area (Å²) in [5.74, 6) is 0. The van der Waals surface area contributed by atoms with Crippen molar-refractivity contribution in [1.29, 1.82) is 0 Å². The van der Waals surface area contributed by atoms with Crippen LogP contribution in [0.2, 0.25) is 33.2 Å². The van der Waals surface area contributed by atoms with Crippen molar-refractivity contribution in [3.63, 3.8) is 0 Å². The molecule has 0 aliphatic rings. The van der Waals surface area contributed by atoms with Gasteiger partial charge in [-0.05, 0) is 49.2 Å². The molecule has 0 fully saturated rings. The summed E-state index contributed by atoms with van der Waals surface area (Å²) in [5, 5.41) is 10.7. The normalized spacial score (nSPS) is 11.3. The standard InChI is InChI=1S/C46H34Cl4Si.2ClH.Zr/c1-27-21-31(37-19-15-33(47)25-43(37)49)13-17-35(27)41-23-29-9-5-7-11-39(29)45(41)51(3,4)46-40-12-8-6-10-30(40)24-42(46)36-18-14-32(22-28(36)2)38-20-16-34(48)26-44(38)50;;;/h5-26H,1-4H3;2*1H;/q-2;;;+4/p-2. The van der Waals surface area contributed by atoms with Gasteiger partial charge >= 0.3 is 26.2 Å². The first-order chi connectivity index (χ1) is 24.5. The van der Waals surface area contributed by atoms with Crippen LogP contribution in [0.1, 0.15) is 11.1 Å². The zero-order valence-electron chi connectivity index (χ0n) is 30.0. The van der Waals surface area contributed by atoms with Gasteiger partial charge in [0.05, 0.1) is 0 Å². The Kier molecular flexibility index (Phi) is 13.3. The predicted octanol–water partition coefficient (Wildman–Crippen LogP) is 8.16. The number of hydrogen-bond acceptors (Lipinski definition) is 0. The quantitative estimate of drug-likeness (QED) is 0.117. The van der Waals surface area contributed by atoms with Crippen LogP contribution in [0.5, 0.6) is 0 Å². The molecule has 0 amide bonds. The molecule has 0 saturated heterocycles. The second kappa shape index (κ2) is 16.9. The molecule has 0 aromatic heterocycles. The average Bonchev–Trinajstić information content (AvgIpc) is 3.68. The van der Waals surface area contributed by atoms with Gasteiger partial charge in [0.2, 0.25) is 0 Å². The molecule has 0 heterocycles. The van der Waals surface area contributed by atoms with E-state index >= 15 is 0 Å². The molecule has 0 spiro atoms. The van der Waals surface area contributed by atoms with Gasteiger partial charge in [-0.1, -0.05) is 167 Å². The molecule has 54 heavy (non-hydrogen) atoms. The van der Waals surface area contributed by atoms with Crippen LogP contribution in [0.15, 0.2) is 133 Å². The Bertz CT molecular complexity index is 2470. The molecule has 0 saturated carbocycles. The van der Waals surface area contributed by atoms with Gasteiger partial charge in [0.15, 0.2) is 0 Å². The second-order valence-corrected chi connectivity index (χ2v) is 19.9. The van der Waals surface area contributed by atoms with E-state index in [1.54, 1.807) is 0 Å². The maximum atomic E-state index is 6.66. The van der Waals surface area contributed by atoms with Gasteiger partial charge in [-0.2, -0.15) is 0 Å². The molecule has 0 radical (unpaired) electrons. The zero-order chi connectivity index (χ0) is 35.6. The molecule has 0 N–H and O–H groups in total. The summed E-state index contributed by atoms with van der Waals surface area (Å²) < 4.78 is 0. The maximum absolute atomic E-state index is 6.66. The molecule has 0 aliphatic carbocycles. The van der Waals surface area contributed by atoms with E-state index in [9.17, 15) is 0 Å². The number of benzene rings is 6. The van der Waals surface area contributed by atoms with Crippen LogP contribution in [0, 0.1) is 13.8 Å². The van der Waals surface area contributed by atoms with Crippen LogP contribution in [0.3, 0.4) is 0 Å². The third kappa shape index (κ3) is 7.59. The Morgan fingerprint density at radius 1 is 0.463 bits per heavy atom. The van der Waals surface area contributed by atoms with Crippen LogP contribution in [0.4, 0.5) is 0 Å². The van der Waals surface area contributed by atoms with E-state index in [1.165, 1.54) is 65.3 Å². The molecule has 0 atom stereocenters. The fraction of sp³-hybridized carbons (Fsp3) is 0.0870. The van der Waals surface area contributed by atoms with Crippen molar-refractivity contribution in [2.45, 2.75) is 26.9 Å². The van der Waals surface area contributed by atoms with Crippen molar-refractivity contribution in [3.05, 3.63) is 165 Å². The topological polar surface area (TPSA) is 0 Å². The Labute approximate surface area is 370 Å². The third-order valence-electron chi connectivity index (χ3n) is 10.4. The zero-order valence-corrected chi connectivity index (χ0v) is 38.0. The van der Waals surface area contributed by atoms with Crippen molar-refractivity contribution >= 4 is 86.4 Å². The largest absolute Gasteiger partial charge is 4.00 e. The van der Waals surface area contributed by atoms with Gasteiger partial charge in [-0.25, -0.2) is 0 Å². The first-order valence-electron chi connectivity index (χ1n) is 17.0. The van der Waals surface area contributed by atoms with Crippen molar-refractivity contribution in [2.75, 3.05) is 0 Å². The van der Waals surface area contributed by atoms with Crippen molar-refractivity contribution in [2.24, 2.45) is 0 Å². The Morgan fingerprint density at radius 3 is 1.20 bits per heavy atom. The van der Waals surface area contributed by atoms with Gasteiger partial charge in [0.1, 0.15) is 0 Å². The average molecular weight is 919 g/mol. The van der Waals surface area contributed by atoms with E-state index in [2.05, 4.69) is 124 Å². The first-order valence-corrected chi connectivity index (χ1v) is 21.5. The van der Waals surface area contributed by atoms with Crippen molar-refractivity contribution < 1.29 is 51.0 Å². The molecule has 268 valence electrons. The van der Waals surface area contributed by atoms with E-state index in [0.29, 0.717) is 20.1 Å². The van der Waals surface area contributed by atoms with Gasteiger partial charge in [-0.15, -0.1) is 67.3 Å². The predicted molar refractivity (Wildman–Crippen MR) is 227 cm³/mol. The SMILES string of the molecule is Cc1cc(-c2ccc(Cl)cc2Cl)ccc1-c1[cH-]c2ccccc2c1[Si](C)(C)c1c(-c2ccc(-c3ccc(Cl)cc3Cl)cc2C)[cH-]c2ccccc12.[Cl-].[Cl-].[Zr+4]. The number of halogens is 6. The van der Waals surface area contributed by atoms with Crippen molar-refractivity contribution in [1.82, 2.24) is 0 Å². The van der Waals surface area contributed by atoms with Crippen LogP contribution < -0.4 is 35.2 Å². The van der Waals surface area contributed by atoms with E-state index in [4.69, 9.17) is 46.4 Å². The van der Waals surface area contributed by atoms with Crippen LogP contribution in [0.25, 0.3) is 66.1 Å². The molecular formula is C46H34Cl6SiZr. The van der Waals surface area contributed by atoms with E-state index in [0.717, 1.165) is 22.3 Å². The van der Waals surface area contributed by atoms with E-state index < -0.39 is 8.07 Å².